The van der Waals surface area contributed by atoms with E-state index < -0.39 is 39.9 Å². The number of hydrogen-bond donors (Lipinski definition) is 1. The van der Waals surface area contributed by atoms with Crippen molar-refractivity contribution in [3.05, 3.63) is 64.9 Å². The summed E-state index contributed by atoms with van der Waals surface area (Å²) < 4.78 is 43.3. The van der Waals surface area contributed by atoms with Crippen LogP contribution in [0.25, 0.3) is 0 Å². The number of nitrogens with one attached hydrogen (secondary N) is 1. The molecule has 1 saturated carbocycles. The first-order valence-electron chi connectivity index (χ1n) is 13.2. The van der Waals surface area contributed by atoms with Crippen LogP contribution in [0.5, 0.6) is 0 Å². The third-order valence-corrected chi connectivity index (χ3v) is 9.89. The molecule has 1 unspecified atom stereocenters. The molecule has 2 aromatic rings. The summed E-state index contributed by atoms with van der Waals surface area (Å²) in [7, 11) is -3.81. The summed E-state index contributed by atoms with van der Waals surface area (Å²) >= 11 is 6.58. The highest BCUT2D eigenvalue weighted by Gasteiger charge is 2.48. The van der Waals surface area contributed by atoms with Crippen LogP contribution in [0, 0.1) is 5.82 Å². The molecule has 38 heavy (non-hydrogen) atoms. The van der Waals surface area contributed by atoms with Gasteiger partial charge >= 0.3 is 0 Å². The molecule has 11 heteroatoms. The SMILES string of the molecule is O=C(NC1CCCCC1)C(c1ccccc1Cl)N(C(=O)[C@@H]1CCCN1S(=O)(=O)N1CC1)c1cccc(F)c1. The van der Waals surface area contributed by atoms with Gasteiger partial charge in [0.1, 0.15) is 17.9 Å². The zero-order chi connectivity index (χ0) is 26.9. The van der Waals surface area contributed by atoms with Gasteiger partial charge in [-0.2, -0.15) is 17.0 Å². The topological polar surface area (TPSA) is 89.8 Å². The minimum Gasteiger partial charge on any atom is -0.351 e. The highest BCUT2D eigenvalue weighted by atomic mass is 35.5. The van der Waals surface area contributed by atoms with Gasteiger partial charge in [0.05, 0.1) is 0 Å². The molecule has 5 rings (SSSR count). The van der Waals surface area contributed by atoms with Gasteiger partial charge in [-0.3, -0.25) is 14.5 Å². The van der Waals surface area contributed by atoms with Gasteiger partial charge in [0, 0.05) is 41.9 Å². The summed E-state index contributed by atoms with van der Waals surface area (Å²) in [6, 6.07) is 9.95. The highest BCUT2D eigenvalue weighted by molar-refractivity contribution is 7.87. The van der Waals surface area contributed by atoms with E-state index in [0.717, 1.165) is 32.1 Å². The number of benzene rings is 2. The Bertz CT molecular complexity index is 1300. The van der Waals surface area contributed by atoms with Crippen LogP contribution < -0.4 is 10.2 Å². The number of halogens is 2. The summed E-state index contributed by atoms with van der Waals surface area (Å²) in [4.78, 5) is 29.6. The number of amides is 2. The van der Waals surface area contributed by atoms with E-state index in [1.807, 2.05) is 0 Å². The normalized spacial score (nSPS) is 21.7. The maximum Gasteiger partial charge on any atom is 0.282 e. The van der Waals surface area contributed by atoms with Crippen molar-refractivity contribution in [3.63, 3.8) is 0 Å². The van der Waals surface area contributed by atoms with Crippen molar-refractivity contribution in [2.45, 2.75) is 63.1 Å². The van der Waals surface area contributed by atoms with E-state index in [4.69, 9.17) is 11.6 Å². The van der Waals surface area contributed by atoms with Crippen LogP contribution in [0.1, 0.15) is 56.6 Å². The predicted octanol–water partition coefficient (Wildman–Crippen LogP) is 4.03. The van der Waals surface area contributed by atoms with Crippen LogP contribution in [0.3, 0.4) is 0 Å². The lowest BCUT2D eigenvalue weighted by Gasteiger charge is -2.36. The van der Waals surface area contributed by atoms with Crippen LogP contribution in [-0.2, 0) is 19.8 Å². The van der Waals surface area contributed by atoms with Gasteiger partial charge in [-0.1, -0.05) is 55.1 Å². The van der Waals surface area contributed by atoms with Crippen molar-refractivity contribution in [2.24, 2.45) is 0 Å². The second-order valence-corrected chi connectivity index (χ2v) is 12.4. The first-order chi connectivity index (χ1) is 18.3. The van der Waals surface area contributed by atoms with E-state index >= 15 is 0 Å². The fourth-order valence-electron chi connectivity index (χ4n) is 5.49. The lowest BCUT2D eigenvalue weighted by Crippen LogP contribution is -2.53. The lowest BCUT2D eigenvalue weighted by atomic mass is 9.94. The molecular weight excluding hydrogens is 531 g/mol. The monoisotopic (exact) mass is 562 g/mol. The van der Waals surface area contributed by atoms with E-state index in [-0.39, 0.29) is 23.3 Å². The van der Waals surface area contributed by atoms with Gasteiger partial charge in [-0.25, -0.2) is 4.39 Å². The Morgan fingerprint density at radius 3 is 2.39 bits per heavy atom. The number of carbonyl (C=O) groups excluding carboxylic acids is 2. The highest BCUT2D eigenvalue weighted by Crippen LogP contribution is 2.36. The Morgan fingerprint density at radius 1 is 0.974 bits per heavy atom. The summed E-state index contributed by atoms with van der Waals surface area (Å²) in [6.07, 6.45) is 5.58. The lowest BCUT2D eigenvalue weighted by molar-refractivity contribution is -0.128. The first kappa shape index (κ1) is 27.1. The molecule has 2 aliphatic heterocycles. The van der Waals surface area contributed by atoms with Crippen LogP contribution in [0.2, 0.25) is 5.02 Å². The van der Waals surface area contributed by atoms with E-state index in [9.17, 15) is 22.4 Å². The molecular formula is C27H32ClFN4O4S. The molecule has 0 spiro atoms. The Kier molecular flexibility index (Phi) is 8.04. The Hall–Kier alpha value is -2.53. The van der Waals surface area contributed by atoms with E-state index in [1.165, 1.54) is 31.7 Å². The first-order valence-corrected chi connectivity index (χ1v) is 15.0. The van der Waals surface area contributed by atoms with E-state index in [2.05, 4.69) is 5.32 Å². The Labute approximate surface area is 227 Å². The van der Waals surface area contributed by atoms with Gasteiger partial charge in [0.15, 0.2) is 0 Å². The number of nitrogens with zero attached hydrogens (tertiary/aromatic N) is 3. The molecule has 2 heterocycles. The number of hydrogen-bond acceptors (Lipinski definition) is 4. The van der Waals surface area contributed by atoms with Crippen molar-refractivity contribution in [2.75, 3.05) is 24.5 Å². The molecule has 2 aromatic carbocycles. The molecule has 2 amide bonds. The van der Waals surface area contributed by atoms with Gasteiger partial charge in [-0.15, -0.1) is 0 Å². The Balaban J connectivity index is 1.58. The predicted molar refractivity (Wildman–Crippen MR) is 143 cm³/mol. The van der Waals surface area contributed by atoms with Crippen molar-refractivity contribution in [1.82, 2.24) is 13.9 Å². The molecule has 0 aromatic heterocycles. The van der Waals surface area contributed by atoms with Gasteiger partial charge < -0.3 is 5.32 Å². The standard InChI is InChI=1S/C27H32ClFN4O4S/c28-23-13-5-4-12-22(23)25(26(34)30-20-9-2-1-3-10-20)33(21-11-6-8-19(29)18-21)27(35)24-14-7-15-32(24)38(36,37)31-16-17-31/h4-6,8,11-13,18,20,24-25H,1-3,7,9-10,14-17H2,(H,30,34)/t24-,25?/m0/s1. The zero-order valence-corrected chi connectivity index (χ0v) is 22.6. The van der Waals surface area contributed by atoms with Crippen LogP contribution in [0.15, 0.2) is 48.5 Å². The minimum atomic E-state index is -3.81. The summed E-state index contributed by atoms with van der Waals surface area (Å²) in [6.45, 7) is 1.04. The maximum absolute atomic E-state index is 14.5. The smallest absolute Gasteiger partial charge is 0.282 e. The molecule has 1 N–H and O–H groups in total. The quantitative estimate of drug-likeness (QED) is 0.492. The largest absolute Gasteiger partial charge is 0.351 e. The van der Waals surface area contributed by atoms with Crippen molar-refractivity contribution >= 4 is 39.3 Å². The Morgan fingerprint density at radius 2 is 1.71 bits per heavy atom. The van der Waals surface area contributed by atoms with Crippen molar-refractivity contribution < 1.29 is 22.4 Å². The molecule has 1 aliphatic carbocycles. The summed E-state index contributed by atoms with van der Waals surface area (Å²) in [5.41, 5.74) is 0.549. The van der Waals surface area contributed by atoms with Crippen molar-refractivity contribution in [3.8, 4) is 0 Å². The average molecular weight is 563 g/mol. The average Bonchev–Trinajstić information content (AvgIpc) is 3.65. The van der Waals surface area contributed by atoms with E-state index in [1.54, 1.807) is 30.3 Å². The van der Waals surface area contributed by atoms with Crippen LogP contribution >= 0.6 is 11.6 Å². The molecule has 8 nitrogen and oxygen atoms in total. The van der Waals surface area contributed by atoms with E-state index in [0.29, 0.717) is 31.5 Å². The molecule has 0 radical (unpaired) electrons. The molecule has 0 bridgehead atoms. The fourth-order valence-corrected chi connectivity index (χ4v) is 7.45. The van der Waals surface area contributed by atoms with Gasteiger partial charge in [0.25, 0.3) is 10.2 Å². The van der Waals surface area contributed by atoms with Crippen molar-refractivity contribution in [1.29, 1.82) is 0 Å². The molecule has 204 valence electrons. The van der Waals surface area contributed by atoms with Gasteiger partial charge in [0.2, 0.25) is 11.8 Å². The third-order valence-electron chi connectivity index (χ3n) is 7.50. The maximum atomic E-state index is 14.5. The van der Waals surface area contributed by atoms with Crippen LogP contribution in [0.4, 0.5) is 10.1 Å². The number of carbonyl (C=O) groups is 2. The number of rotatable bonds is 8. The summed E-state index contributed by atoms with van der Waals surface area (Å²) in [5.74, 6) is -1.59. The summed E-state index contributed by atoms with van der Waals surface area (Å²) in [5, 5.41) is 3.38. The molecule has 2 saturated heterocycles. The molecule has 3 fully saturated rings. The third kappa shape index (κ3) is 5.59. The fraction of sp³-hybridized carbons (Fsp3) is 0.481. The molecule has 2 atom stereocenters. The van der Waals surface area contributed by atoms with Crippen LogP contribution in [-0.4, -0.2) is 60.6 Å². The minimum absolute atomic E-state index is 0.0447. The zero-order valence-electron chi connectivity index (χ0n) is 21.1. The number of anilines is 1. The second-order valence-electron chi connectivity index (χ2n) is 10.1. The molecule has 3 aliphatic rings. The van der Waals surface area contributed by atoms with Gasteiger partial charge in [-0.05, 0) is 49.9 Å². The second kappa shape index (κ2) is 11.3.